The molecule has 3 atom stereocenters. The summed E-state index contributed by atoms with van der Waals surface area (Å²) in [6.07, 6.45) is 0.0561. The minimum absolute atomic E-state index is 0.0333. The fourth-order valence-electron chi connectivity index (χ4n) is 2.59. The van der Waals surface area contributed by atoms with Crippen LogP contribution in [0.25, 0.3) is 0 Å². The number of carbonyl (C=O) groups excluding carboxylic acids is 4. The van der Waals surface area contributed by atoms with Gasteiger partial charge in [-0.15, -0.1) is 0 Å². The van der Waals surface area contributed by atoms with Crippen LogP contribution in [0.15, 0.2) is 24.3 Å². The number of amides is 2. The van der Waals surface area contributed by atoms with Crippen LogP contribution < -0.4 is 10.6 Å². The maximum Gasteiger partial charge on any atom is 0.328 e. The lowest BCUT2D eigenvalue weighted by Gasteiger charge is -2.23. The van der Waals surface area contributed by atoms with Crippen LogP contribution in [0.5, 0.6) is 0 Å². The lowest BCUT2D eigenvalue weighted by atomic mass is 10.0. The van der Waals surface area contributed by atoms with Gasteiger partial charge in [0, 0.05) is 13.3 Å². The molecule has 0 fully saturated rings. The molecule has 28 heavy (non-hydrogen) atoms. The molecule has 0 aliphatic rings. The Morgan fingerprint density at radius 3 is 2.04 bits per heavy atom. The van der Waals surface area contributed by atoms with E-state index in [9.17, 15) is 23.6 Å². The first-order valence-electron chi connectivity index (χ1n) is 8.65. The fourth-order valence-corrected chi connectivity index (χ4v) is 2.59. The highest BCUT2D eigenvalue weighted by Crippen LogP contribution is 2.11. The van der Waals surface area contributed by atoms with Crippen molar-refractivity contribution < 1.29 is 33.0 Å². The maximum atomic E-state index is 13.1. The number of benzene rings is 1. The average Bonchev–Trinajstić information content (AvgIpc) is 2.66. The van der Waals surface area contributed by atoms with Crippen LogP contribution in [-0.2, 0) is 35.1 Å². The number of carbonyl (C=O) groups is 4. The largest absolute Gasteiger partial charge is 0.469 e. The Kier molecular flexibility index (Phi) is 9.07. The quantitative estimate of drug-likeness (QED) is 0.596. The highest BCUT2D eigenvalue weighted by Gasteiger charge is 2.30. The Labute approximate surface area is 162 Å². The Hall–Kier alpha value is -2.97. The molecular formula is C19H25FN2O6. The molecule has 1 aromatic carbocycles. The normalized spacial score (nSPS) is 13.6. The number of methoxy groups -OCH3 is 2. The van der Waals surface area contributed by atoms with Crippen LogP contribution in [0.2, 0.25) is 0 Å². The Bertz CT molecular complexity index is 707. The lowest BCUT2D eigenvalue weighted by Crippen LogP contribution is -2.53. The molecule has 0 aromatic heterocycles. The average molecular weight is 396 g/mol. The first-order chi connectivity index (χ1) is 13.2. The molecule has 2 amide bonds. The Morgan fingerprint density at radius 2 is 1.54 bits per heavy atom. The van der Waals surface area contributed by atoms with Crippen LogP contribution in [0.3, 0.4) is 0 Å². The van der Waals surface area contributed by atoms with E-state index in [0.717, 1.165) is 7.11 Å². The van der Waals surface area contributed by atoms with Gasteiger partial charge in [0.1, 0.15) is 17.9 Å². The van der Waals surface area contributed by atoms with Crippen LogP contribution in [0.1, 0.15) is 25.8 Å². The van der Waals surface area contributed by atoms with Gasteiger partial charge in [-0.05, 0) is 24.1 Å². The second kappa shape index (κ2) is 11.0. The summed E-state index contributed by atoms with van der Waals surface area (Å²) >= 11 is 0. The van der Waals surface area contributed by atoms with Crippen molar-refractivity contribution in [2.45, 2.75) is 38.8 Å². The summed E-state index contributed by atoms with van der Waals surface area (Å²) < 4.78 is 22.4. The monoisotopic (exact) mass is 396 g/mol. The van der Waals surface area contributed by atoms with E-state index in [-0.39, 0.29) is 12.8 Å². The third-order valence-electron chi connectivity index (χ3n) is 4.04. The molecule has 0 heterocycles. The molecule has 9 heteroatoms. The van der Waals surface area contributed by atoms with E-state index < -0.39 is 47.6 Å². The van der Waals surface area contributed by atoms with Gasteiger partial charge in [0.05, 0.1) is 20.1 Å². The van der Waals surface area contributed by atoms with Gasteiger partial charge in [0.25, 0.3) is 0 Å². The minimum Gasteiger partial charge on any atom is -0.469 e. The van der Waals surface area contributed by atoms with Gasteiger partial charge < -0.3 is 20.1 Å². The summed E-state index contributed by atoms with van der Waals surface area (Å²) in [5.74, 6) is -3.43. The van der Waals surface area contributed by atoms with Gasteiger partial charge in [0.2, 0.25) is 11.8 Å². The molecule has 0 radical (unpaired) electrons. The third-order valence-corrected chi connectivity index (χ3v) is 4.04. The van der Waals surface area contributed by atoms with E-state index in [2.05, 4.69) is 20.1 Å². The molecule has 2 N–H and O–H groups in total. The minimum atomic E-state index is -1.10. The molecule has 0 spiro atoms. The molecule has 0 bridgehead atoms. The Morgan fingerprint density at radius 1 is 0.964 bits per heavy atom. The van der Waals surface area contributed by atoms with Crippen molar-refractivity contribution in [3.05, 3.63) is 35.6 Å². The maximum absolute atomic E-state index is 13.1. The summed E-state index contributed by atoms with van der Waals surface area (Å²) in [6.45, 7) is 2.81. The number of hydrogen-bond donors (Lipinski definition) is 2. The number of rotatable bonds is 9. The van der Waals surface area contributed by atoms with Crippen LogP contribution in [0.4, 0.5) is 4.39 Å². The van der Waals surface area contributed by atoms with Gasteiger partial charge in [0.15, 0.2) is 0 Å². The summed E-state index contributed by atoms with van der Waals surface area (Å²) in [4.78, 5) is 47.8. The van der Waals surface area contributed by atoms with Crippen molar-refractivity contribution in [2.24, 2.45) is 5.92 Å². The van der Waals surface area contributed by atoms with E-state index in [0.29, 0.717) is 5.56 Å². The van der Waals surface area contributed by atoms with E-state index >= 15 is 0 Å². The predicted molar refractivity (Wildman–Crippen MR) is 97.5 cm³/mol. The summed E-state index contributed by atoms with van der Waals surface area (Å²) in [5, 5.41) is 5.01. The molecule has 1 aromatic rings. The standard InChI is InChI=1S/C19H25FN2O6/c1-11(18(25)27-3)9-16(19(26)28-4)22-17(24)15(21-12(2)23)10-13-5-7-14(20)8-6-13/h5-8,11,15-16H,9-10H2,1-4H3,(H,21,23)(H,22,24)/t11-,15-,16-/m1/s1. The van der Waals surface area contributed by atoms with Gasteiger partial charge in [-0.25, -0.2) is 9.18 Å². The van der Waals surface area contributed by atoms with Crippen LogP contribution in [-0.4, -0.2) is 50.1 Å². The highest BCUT2D eigenvalue weighted by molar-refractivity contribution is 5.90. The fraction of sp³-hybridized carbons (Fsp3) is 0.474. The van der Waals surface area contributed by atoms with Crippen LogP contribution >= 0.6 is 0 Å². The van der Waals surface area contributed by atoms with Crippen molar-refractivity contribution in [3.63, 3.8) is 0 Å². The van der Waals surface area contributed by atoms with Gasteiger partial charge in [-0.2, -0.15) is 0 Å². The molecule has 0 aliphatic carbocycles. The van der Waals surface area contributed by atoms with Gasteiger partial charge in [-0.3, -0.25) is 14.4 Å². The van der Waals surface area contributed by atoms with Crippen molar-refractivity contribution in [2.75, 3.05) is 14.2 Å². The number of halogens is 1. The van der Waals surface area contributed by atoms with E-state index in [1.54, 1.807) is 6.92 Å². The van der Waals surface area contributed by atoms with Crippen molar-refractivity contribution in [1.29, 1.82) is 0 Å². The Balaban J connectivity index is 2.93. The number of ether oxygens (including phenoxy) is 2. The zero-order valence-electron chi connectivity index (χ0n) is 16.3. The van der Waals surface area contributed by atoms with Crippen molar-refractivity contribution >= 4 is 23.8 Å². The zero-order valence-corrected chi connectivity index (χ0v) is 16.3. The van der Waals surface area contributed by atoms with Gasteiger partial charge in [-0.1, -0.05) is 19.1 Å². The number of nitrogens with one attached hydrogen (secondary N) is 2. The summed E-state index contributed by atoms with van der Waals surface area (Å²) in [6, 6.07) is 3.38. The molecule has 0 saturated heterocycles. The topological polar surface area (TPSA) is 111 Å². The predicted octanol–water partition coefficient (Wildman–Crippen LogP) is 0.730. The SMILES string of the molecule is COC(=O)[C@H](C)C[C@@H](NC(=O)[C@@H](Cc1ccc(F)cc1)NC(C)=O)C(=O)OC. The third kappa shape index (κ3) is 7.34. The molecule has 0 unspecified atom stereocenters. The molecule has 0 aliphatic heterocycles. The molecule has 0 saturated carbocycles. The first kappa shape index (κ1) is 23.1. The molecule has 154 valence electrons. The first-order valence-corrected chi connectivity index (χ1v) is 8.65. The van der Waals surface area contributed by atoms with Crippen LogP contribution in [0, 0.1) is 11.7 Å². The number of hydrogen-bond acceptors (Lipinski definition) is 6. The molecule has 1 rings (SSSR count). The summed E-state index contributed by atoms with van der Waals surface area (Å²) in [7, 11) is 2.38. The van der Waals surface area contributed by atoms with E-state index in [1.165, 1.54) is 38.3 Å². The van der Waals surface area contributed by atoms with E-state index in [4.69, 9.17) is 0 Å². The highest BCUT2D eigenvalue weighted by atomic mass is 19.1. The second-order valence-corrected chi connectivity index (χ2v) is 6.33. The van der Waals surface area contributed by atoms with Crippen molar-refractivity contribution in [1.82, 2.24) is 10.6 Å². The second-order valence-electron chi connectivity index (χ2n) is 6.33. The lowest BCUT2D eigenvalue weighted by molar-refractivity contribution is -0.149. The van der Waals surface area contributed by atoms with E-state index in [1.807, 2.05) is 0 Å². The smallest absolute Gasteiger partial charge is 0.328 e. The molecule has 8 nitrogen and oxygen atoms in total. The van der Waals surface area contributed by atoms with Gasteiger partial charge >= 0.3 is 11.9 Å². The van der Waals surface area contributed by atoms with Crippen molar-refractivity contribution in [3.8, 4) is 0 Å². The number of esters is 2. The summed E-state index contributed by atoms with van der Waals surface area (Å²) in [5.41, 5.74) is 0.618. The zero-order chi connectivity index (χ0) is 21.3. The molecular weight excluding hydrogens is 371 g/mol.